The third kappa shape index (κ3) is 2.39. The molecule has 110 valence electrons. The monoisotopic (exact) mass is 278 g/mol. The predicted molar refractivity (Wildman–Crippen MR) is 73.2 cm³/mol. The van der Waals surface area contributed by atoms with Crippen molar-refractivity contribution in [2.24, 2.45) is 17.8 Å². The fourth-order valence-electron chi connectivity index (χ4n) is 3.57. The molecule has 1 aromatic heterocycles. The molecule has 1 heterocycles. The van der Waals surface area contributed by atoms with Gasteiger partial charge in [0, 0.05) is 13.6 Å². The Hall–Kier alpha value is -1.59. The summed E-state index contributed by atoms with van der Waals surface area (Å²) in [5.41, 5.74) is 2.48. The summed E-state index contributed by atoms with van der Waals surface area (Å²) in [5, 5.41) is 11.0. The SMILES string of the molecule is CCn1nnc2c1CC[C@H]1[C@@H](CC2)[C@H]1COC(=O)NC. The van der Waals surface area contributed by atoms with Gasteiger partial charge >= 0.3 is 6.09 Å². The number of ether oxygens (including phenoxy) is 1. The zero-order valence-electron chi connectivity index (χ0n) is 12.1. The highest BCUT2D eigenvalue weighted by Gasteiger charge is 2.50. The van der Waals surface area contributed by atoms with Crippen molar-refractivity contribution >= 4 is 6.09 Å². The zero-order valence-corrected chi connectivity index (χ0v) is 12.1. The second-order valence-corrected chi connectivity index (χ2v) is 5.72. The van der Waals surface area contributed by atoms with Crippen molar-refractivity contribution in [2.45, 2.75) is 39.2 Å². The molecule has 0 radical (unpaired) electrons. The Morgan fingerprint density at radius 3 is 2.85 bits per heavy atom. The Kier molecular flexibility index (Phi) is 3.63. The standard InChI is InChI=1S/C14H22N4O2/c1-3-18-13-7-5-10-9(4-6-12(13)16-17-18)11(10)8-20-14(19)15-2/h9-11H,3-8H2,1-2H3,(H,15,19)/t9-,10+,11-/m1/s1. The fourth-order valence-corrected chi connectivity index (χ4v) is 3.57. The van der Waals surface area contributed by atoms with E-state index in [-0.39, 0.29) is 6.09 Å². The summed E-state index contributed by atoms with van der Waals surface area (Å²) >= 11 is 0. The highest BCUT2D eigenvalue weighted by Crippen LogP contribution is 2.52. The number of nitrogens with one attached hydrogen (secondary N) is 1. The first-order valence-corrected chi connectivity index (χ1v) is 7.50. The van der Waals surface area contributed by atoms with E-state index in [0.717, 1.165) is 32.2 Å². The molecule has 0 bridgehead atoms. The minimum Gasteiger partial charge on any atom is -0.449 e. The Morgan fingerprint density at radius 2 is 2.15 bits per heavy atom. The van der Waals surface area contributed by atoms with Gasteiger partial charge in [-0.05, 0) is 50.4 Å². The number of aromatic nitrogens is 3. The maximum Gasteiger partial charge on any atom is 0.406 e. The molecular weight excluding hydrogens is 256 g/mol. The van der Waals surface area contributed by atoms with Crippen LogP contribution < -0.4 is 5.32 Å². The highest BCUT2D eigenvalue weighted by atomic mass is 16.5. The molecule has 20 heavy (non-hydrogen) atoms. The van der Waals surface area contributed by atoms with Gasteiger partial charge in [-0.2, -0.15) is 0 Å². The number of hydrogen-bond donors (Lipinski definition) is 1. The smallest absolute Gasteiger partial charge is 0.406 e. The highest BCUT2D eigenvalue weighted by molar-refractivity contribution is 5.66. The minimum absolute atomic E-state index is 0.323. The summed E-state index contributed by atoms with van der Waals surface area (Å²) < 4.78 is 7.23. The largest absolute Gasteiger partial charge is 0.449 e. The summed E-state index contributed by atoms with van der Waals surface area (Å²) in [4.78, 5) is 11.2. The maximum absolute atomic E-state index is 11.2. The van der Waals surface area contributed by atoms with E-state index >= 15 is 0 Å². The van der Waals surface area contributed by atoms with Crippen molar-refractivity contribution in [3.05, 3.63) is 11.4 Å². The first kappa shape index (κ1) is 13.4. The molecule has 0 saturated heterocycles. The summed E-state index contributed by atoms with van der Waals surface area (Å²) in [5.74, 6) is 1.94. The molecule has 1 N–H and O–H groups in total. The van der Waals surface area contributed by atoms with Gasteiger partial charge in [0.05, 0.1) is 18.0 Å². The van der Waals surface area contributed by atoms with Gasteiger partial charge in [0.25, 0.3) is 0 Å². The van der Waals surface area contributed by atoms with Crippen LogP contribution >= 0.6 is 0 Å². The van der Waals surface area contributed by atoms with E-state index in [1.54, 1.807) is 7.05 Å². The number of amides is 1. The summed E-state index contributed by atoms with van der Waals surface area (Å²) in [6.07, 6.45) is 4.03. The van der Waals surface area contributed by atoms with E-state index in [9.17, 15) is 4.79 Å². The van der Waals surface area contributed by atoms with Gasteiger partial charge in [-0.25, -0.2) is 9.48 Å². The van der Waals surface area contributed by atoms with E-state index in [1.807, 2.05) is 4.68 Å². The minimum atomic E-state index is -0.323. The third-order valence-electron chi connectivity index (χ3n) is 4.77. The fraction of sp³-hybridized carbons (Fsp3) is 0.786. The van der Waals surface area contributed by atoms with Gasteiger partial charge in [-0.1, -0.05) is 5.21 Å². The van der Waals surface area contributed by atoms with Crippen molar-refractivity contribution < 1.29 is 9.53 Å². The van der Waals surface area contributed by atoms with Crippen LogP contribution in [0, 0.1) is 17.8 Å². The number of hydrogen-bond acceptors (Lipinski definition) is 4. The Labute approximate surface area is 118 Å². The molecule has 1 fully saturated rings. The molecule has 1 aromatic rings. The lowest BCUT2D eigenvalue weighted by Crippen LogP contribution is -2.20. The van der Waals surface area contributed by atoms with Crippen LogP contribution in [0.3, 0.4) is 0 Å². The lowest BCUT2D eigenvalue weighted by atomic mass is 10.0. The lowest BCUT2D eigenvalue weighted by molar-refractivity contribution is 0.139. The molecule has 1 amide bonds. The molecule has 6 nitrogen and oxygen atoms in total. The second-order valence-electron chi connectivity index (χ2n) is 5.72. The molecule has 1 saturated carbocycles. The second kappa shape index (κ2) is 5.42. The van der Waals surface area contributed by atoms with Gasteiger partial charge in [-0.3, -0.25) is 0 Å². The predicted octanol–water partition coefficient (Wildman–Crippen LogP) is 1.40. The molecule has 6 heteroatoms. The Morgan fingerprint density at radius 1 is 1.40 bits per heavy atom. The van der Waals surface area contributed by atoms with Crippen molar-refractivity contribution in [2.75, 3.05) is 13.7 Å². The van der Waals surface area contributed by atoms with Crippen LogP contribution in [0.2, 0.25) is 0 Å². The number of carbonyl (C=O) groups is 1. The van der Waals surface area contributed by atoms with Gasteiger partial charge in [0.15, 0.2) is 0 Å². The lowest BCUT2D eigenvalue weighted by Gasteiger charge is -2.09. The first-order chi connectivity index (χ1) is 9.74. The Bertz CT molecular complexity index is 499. The van der Waals surface area contributed by atoms with Crippen LogP contribution in [-0.2, 0) is 24.1 Å². The van der Waals surface area contributed by atoms with Crippen molar-refractivity contribution in [3.63, 3.8) is 0 Å². The molecular formula is C14H22N4O2. The van der Waals surface area contributed by atoms with Crippen LogP contribution in [0.15, 0.2) is 0 Å². The Balaban J connectivity index is 1.60. The number of aryl methyl sites for hydroxylation is 2. The van der Waals surface area contributed by atoms with Crippen molar-refractivity contribution in [1.82, 2.24) is 20.3 Å². The van der Waals surface area contributed by atoms with Crippen LogP contribution in [-0.4, -0.2) is 34.7 Å². The van der Waals surface area contributed by atoms with E-state index in [0.29, 0.717) is 24.4 Å². The zero-order chi connectivity index (χ0) is 14.1. The van der Waals surface area contributed by atoms with Gasteiger partial charge in [0.2, 0.25) is 0 Å². The molecule has 2 aliphatic rings. The molecule has 0 spiro atoms. The summed E-state index contributed by atoms with van der Waals surface area (Å²) in [7, 11) is 1.59. The number of fused-ring (bicyclic) bond motifs is 2. The van der Waals surface area contributed by atoms with E-state index in [1.165, 1.54) is 11.4 Å². The topological polar surface area (TPSA) is 69.0 Å². The average molecular weight is 278 g/mol. The van der Waals surface area contributed by atoms with Crippen LogP contribution in [0.4, 0.5) is 4.79 Å². The first-order valence-electron chi connectivity index (χ1n) is 7.50. The maximum atomic E-state index is 11.2. The van der Waals surface area contributed by atoms with Gasteiger partial charge in [0.1, 0.15) is 0 Å². The summed E-state index contributed by atoms with van der Waals surface area (Å²) in [6, 6.07) is 0. The average Bonchev–Trinajstić information content (AvgIpc) is 2.95. The molecule has 3 atom stereocenters. The number of carbonyl (C=O) groups excluding carboxylic acids is 1. The molecule has 0 unspecified atom stereocenters. The van der Waals surface area contributed by atoms with Crippen LogP contribution in [0.1, 0.15) is 31.2 Å². The number of nitrogens with zero attached hydrogens (tertiary/aromatic N) is 3. The van der Waals surface area contributed by atoms with E-state index in [4.69, 9.17) is 4.74 Å². The molecule has 3 rings (SSSR count). The quantitative estimate of drug-likeness (QED) is 0.907. The summed E-state index contributed by atoms with van der Waals surface area (Å²) in [6.45, 7) is 3.55. The van der Waals surface area contributed by atoms with E-state index < -0.39 is 0 Å². The van der Waals surface area contributed by atoms with Crippen molar-refractivity contribution in [3.8, 4) is 0 Å². The van der Waals surface area contributed by atoms with Gasteiger partial charge in [-0.15, -0.1) is 5.10 Å². The van der Waals surface area contributed by atoms with Gasteiger partial charge < -0.3 is 10.1 Å². The van der Waals surface area contributed by atoms with Crippen LogP contribution in [0.5, 0.6) is 0 Å². The number of alkyl carbamates (subject to hydrolysis) is 1. The molecule has 2 aliphatic carbocycles. The van der Waals surface area contributed by atoms with E-state index in [2.05, 4.69) is 22.6 Å². The van der Waals surface area contributed by atoms with Crippen molar-refractivity contribution in [1.29, 1.82) is 0 Å². The normalized spacial score (nSPS) is 27.8. The third-order valence-corrected chi connectivity index (χ3v) is 4.77. The molecule has 0 aliphatic heterocycles. The van der Waals surface area contributed by atoms with Crippen LogP contribution in [0.25, 0.3) is 0 Å². The molecule has 0 aromatic carbocycles. The number of rotatable bonds is 3.